The molecule has 2 heteroatoms. The lowest BCUT2D eigenvalue weighted by Crippen LogP contribution is -1.99. The van der Waals surface area contributed by atoms with E-state index in [1.54, 1.807) is 0 Å². The van der Waals surface area contributed by atoms with Crippen LogP contribution in [0.15, 0.2) is 18.6 Å². The number of allylic oxidation sites excluding steroid dienone is 1. The Balaban J connectivity index is 2.04. The minimum atomic E-state index is 0.610. The number of imidazole rings is 1. The van der Waals surface area contributed by atoms with Crippen molar-refractivity contribution in [3.8, 4) is 0 Å². The van der Waals surface area contributed by atoms with Crippen molar-refractivity contribution in [3.63, 3.8) is 0 Å². The van der Waals surface area contributed by atoms with Gasteiger partial charge in [-0.25, -0.2) is 4.98 Å². The van der Waals surface area contributed by atoms with E-state index in [0.717, 1.165) is 12.5 Å². The van der Waals surface area contributed by atoms with Crippen molar-refractivity contribution in [1.29, 1.82) is 0 Å². The molecule has 0 radical (unpaired) electrons. The maximum absolute atomic E-state index is 4.19. The van der Waals surface area contributed by atoms with E-state index in [-0.39, 0.29) is 0 Å². The van der Waals surface area contributed by atoms with Gasteiger partial charge in [0.05, 0.1) is 18.2 Å². The van der Waals surface area contributed by atoms with E-state index in [2.05, 4.69) is 35.6 Å². The summed E-state index contributed by atoms with van der Waals surface area (Å²) < 4.78 is 2.26. The topological polar surface area (TPSA) is 17.8 Å². The average molecular weight is 190 g/mol. The Hall–Kier alpha value is -1.05. The summed E-state index contributed by atoms with van der Waals surface area (Å²) in [6.07, 6.45) is 11.1. The van der Waals surface area contributed by atoms with E-state index in [1.165, 1.54) is 18.5 Å². The molecule has 1 heterocycles. The average Bonchev–Trinajstić information content (AvgIpc) is 2.81. The van der Waals surface area contributed by atoms with Crippen LogP contribution in [0.3, 0.4) is 0 Å². The third-order valence-electron chi connectivity index (χ3n) is 2.55. The van der Waals surface area contributed by atoms with Crippen LogP contribution in [0.5, 0.6) is 0 Å². The molecule has 1 fully saturated rings. The van der Waals surface area contributed by atoms with Crippen molar-refractivity contribution in [2.75, 3.05) is 0 Å². The highest BCUT2D eigenvalue weighted by Crippen LogP contribution is 2.30. The maximum Gasteiger partial charge on any atom is 0.0950 e. The van der Waals surface area contributed by atoms with E-state index in [1.807, 2.05) is 12.5 Å². The standard InChI is InChI=1S/C12H18N2/c1-10(2)3-6-12-7-13-9-14(12)8-11-4-5-11/h3,6-7,9-11H,4-5,8H2,1-2H3. The van der Waals surface area contributed by atoms with Gasteiger partial charge in [-0.1, -0.05) is 19.9 Å². The second-order valence-corrected chi connectivity index (χ2v) is 4.52. The molecule has 0 aromatic carbocycles. The molecular weight excluding hydrogens is 172 g/mol. The van der Waals surface area contributed by atoms with E-state index in [0.29, 0.717) is 5.92 Å². The number of hydrogen-bond donors (Lipinski definition) is 0. The van der Waals surface area contributed by atoms with Gasteiger partial charge in [0.15, 0.2) is 0 Å². The summed E-state index contributed by atoms with van der Waals surface area (Å²) in [5.41, 5.74) is 1.24. The van der Waals surface area contributed by atoms with E-state index in [9.17, 15) is 0 Å². The van der Waals surface area contributed by atoms with Gasteiger partial charge in [0.25, 0.3) is 0 Å². The first-order valence-corrected chi connectivity index (χ1v) is 5.44. The normalized spacial score (nSPS) is 17.1. The highest BCUT2D eigenvalue weighted by Gasteiger charge is 2.21. The molecule has 1 aliphatic rings. The van der Waals surface area contributed by atoms with Gasteiger partial charge in [-0.3, -0.25) is 0 Å². The van der Waals surface area contributed by atoms with Gasteiger partial charge in [-0.05, 0) is 30.8 Å². The summed E-state index contributed by atoms with van der Waals surface area (Å²) in [5.74, 6) is 1.52. The molecule has 0 unspecified atom stereocenters. The number of nitrogens with zero attached hydrogens (tertiary/aromatic N) is 2. The SMILES string of the molecule is CC(C)C=Cc1cncn1CC1CC1. The minimum Gasteiger partial charge on any atom is -0.331 e. The molecule has 1 aliphatic carbocycles. The second kappa shape index (κ2) is 3.99. The fourth-order valence-corrected chi connectivity index (χ4v) is 1.49. The molecule has 1 aromatic heterocycles. The summed E-state index contributed by atoms with van der Waals surface area (Å²) in [5, 5.41) is 0. The molecule has 14 heavy (non-hydrogen) atoms. The highest BCUT2D eigenvalue weighted by atomic mass is 15.0. The Labute approximate surface area is 85.7 Å². The Bertz CT molecular complexity index is 319. The molecule has 76 valence electrons. The molecule has 0 N–H and O–H groups in total. The van der Waals surface area contributed by atoms with Crippen LogP contribution in [0.1, 0.15) is 32.4 Å². The van der Waals surface area contributed by atoms with Crippen LogP contribution in [0, 0.1) is 11.8 Å². The van der Waals surface area contributed by atoms with E-state index < -0.39 is 0 Å². The van der Waals surface area contributed by atoms with Crippen LogP contribution in [0.25, 0.3) is 6.08 Å². The fourth-order valence-electron chi connectivity index (χ4n) is 1.49. The van der Waals surface area contributed by atoms with Crippen molar-refractivity contribution in [3.05, 3.63) is 24.3 Å². The third kappa shape index (κ3) is 2.47. The van der Waals surface area contributed by atoms with E-state index >= 15 is 0 Å². The summed E-state index contributed by atoms with van der Waals surface area (Å²) in [7, 11) is 0. The monoisotopic (exact) mass is 190 g/mol. The summed E-state index contributed by atoms with van der Waals surface area (Å²) in [6.45, 7) is 5.54. The van der Waals surface area contributed by atoms with Crippen LogP contribution < -0.4 is 0 Å². The molecule has 2 rings (SSSR count). The van der Waals surface area contributed by atoms with Crippen LogP contribution in [-0.4, -0.2) is 9.55 Å². The molecule has 0 spiro atoms. The summed E-state index contributed by atoms with van der Waals surface area (Å²) in [6, 6.07) is 0. The Morgan fingerprint density at radius 2 is 2.36 bits per heavy atom. The zero-order chi connectivity index (χ0) is 9.97. The van der Waals surface area contributed by atoms with Gasteiger partial charge in [0, 0.05) is 6.54 Å². The van der Waals surface area contributed by atoms with Crippen LogP contribution in [0.4, 0.5) is 0 Å². The number of rotatable bonds is 4. The quantitative estimate of drug-likeness (QED) is 0.713. The Kier molecular flexibility index (Phi) is 2.71. The first-order valence-electron chi connectivity index (χ1n) is 5.44. The third-order valence-corrected chi connectivity index (χ3v) is 2.55. The zero-order valence-electron chi connectivity index (χ0n) is 8.98. The largest absolute Gasteiger partial charge is 0.331 e. The zero-order valence-corrected chi connectivity index (χ0v) is 8.98. The van der Waals surface area contributed by atoms with Crippen molar-refractivity contribution in [2.45, 2.75) is 33.2 Å². The molecule has 0 aliphatic heterocycles. The van der Waals surface area contributed by atoms with Crippen molar-refractivity contribution in [2.24, 2.45) is 11.8 Å². The number of aromatic nitrogens is 2. The Morgan fingerprint density at radius 1 is 1.57 bits per heavy atom. The molecule has 0 atom stereocenters. The van der Waals surface area contributed by atoms with Crippen molar-refractivity contribution < 1.29 is 0 Å². The lowest BCUT2D eigenvalue weighted by atomic mass is 10.2. The first-order chi connectivity index (χ1) is 6.75. The smallest absolute Gasteiger partial charge is 0.0950 e. The predicted octanol–water partition coefficient (Wildman–Crippen LogP) is 2.96. The minimum absolute atomic E-state index is 0.610. The summed E-state index contributed by atoms with van der Waals surface area (Å²) >= 11 is 0. The lowest BCUT2D eigenvalue weighted by molar-refractivity contribution is 0.622. The van der Waals surface area contributed by atoms with E-state index in [4.69, 9.17) is 0 Å². The molecule has 2 nitrogen and oxygen atoms in total. The van der Waals surface area contributed by atoms with Crippen LogP contribution in [-0.2, 0) is 6.54 Å². The fraction of sp³-hybridized carbons (Fsp3) is 0.583. The summed E-state index contributed by atoms with van der Waals surface area (Å²) in [4.78, 5) is 4.19. The first kappa shape index (κ1) is 9.50. The number of hydrogen-bond acceptors (Lipinski definition) is 1. The van der Waals surface area contributed by atoms with Gasteiger partial charge < -0.3 is 4.57 Å². The van der Waals surface area contributed by atoms with Gasteiger partial charge in [0.2, 0.25) is 0 Å². The van der Waals surface area contributed by atoms with Crippen molar-refractivity contribution >= 4 is 6.08 Å². The maximum atomic E-state index is 4.19. The molecule has 1 aromatic rings. The molecule has 0 saturated heterocycles. The van der Waals surface area contributed by atoms with Gasteiger partial charge in [-0.2, -0.15) is 0 Å². The van der Waals surface area contributed by atoms with Gasteiger partial charge >= 0.3 is 0 Å². The van der Waals surface area contributed by atoms with Gasteiger partial charge in [0.1, 0.15) is 0 Å². The molecule has 1 saturated carbocycles. The molecule has 0 amide bonds. The predicted molar refractivity (Wildman–Crippen MR) is 58.8 cm³/mol. The lowest BCUT2D eigenvalue weighted by Gasteiger charge is -2.03. The molecular formula is C12H18N2. The van der Waals surface area contributed by atoms with Crippen molar-refractivity contribution in [1.82, 2.24) is 9.55 Å². The highest BCUT2D eigenvalue weighted by molar-refractivity contribution is 5.44. The molecule has 0 bridgehead atoms. The van der Waals surface area contributed by atoms with Gasteiger partial charge in [-0.15, -0.1) is 0 Å². The van der Waals surface area contributed by atoms with Crippen LogP contribution in [0.2, 0.25) is 0 Å². The second-order valence-electron chi connectivity index (χ2n) is 4.52. The Morgan fingerprint density at radius 3 is 3.00 bits per heavy atom. The van der Waals surface area contributed by atoms with Crippen LogP contribution >= 0.6 is 0 Å².